The van der Waals surface area contributed by atoms with Crippen molar-refractivity contribution < 1.29 is 122 Å². The Labute approximate surface area is 731 Å². The maximum Gasteiger partial charge on any atom is 0.472 e. The van der Waals surface area contributed by atoms with Crippen LogP contribution >= 0.6 is 7.82 Å². The van der Waals surface area contributed by atoms with Gasteiger partial charge in [0, 0.05) is 25.7 Å². The lowest BCUT2D eigenvalue weighted by atomic mass is 9.84. The van der Waals surface area contributed by atoms with E-state index in [1.54, 1.807) is 0 Å². The van der Waals surface area contributed by atoms with Crippen LogP contribution in [0.25, 0.3) is 0 Å². The van der Waals surface area contributed by atoms with Gasteiger partial charge < -0.3 is 88.7 Å². The van der Waals surface area contributed by atoms with Gasteiger partial charge in [-0.1, -0.05) is 362 Å². The molecule has 2 saturated heterocycles. The summed E-state index contributed by atoms with van der Waals surface area (Å²) in [4.78, 5) is 66.7. The number of carbonyl (C=O) groups is 4. The number of phosphoric ester groups is 1. The van der Waals surface area contributed by atoms with Crippen molar-refractivity contribution >= 4 is 31.7 Å². The quantitative estimate of drug-likeness (QED) is 0.00889. The zero-order valence-electron chi connectivity index (χ0n) is 76.4. The molecule has 0 spiro atoms. The zero-order valence-corrected chi connectivity index (χ0v) is 77.3. The molecule has 0 aromatic heterocycles. The Balaban J connectivity index is 1.92. The third-order valence-electron chi connectivity index (χ3n) is 24.6. The van der Waals surface area contributed by atoms with E-state index in [-0.39, 0.29) is 25.7 Å². The van der Waals surface area contributed by atoms with Crippen molar-refractivity contribution in [3.63, 3.8) is 0 Å². The van der Waals surface area contributed by atoms with E-state index in [2.05, 4.69) is 53.7 Å². The smallest absolute Gasteiger partial charge is 0.463 e. The SMILES string of the molecule is CCCCCC/C=C\CCCCCCCCCC(=O)OC(COC(=O)CCCCCCCCC(C)CCCCCCCC)COP(=O)(O)OC1C(OC2OC(CO)C(O)C(O)C2O)C(O)C(O)C(OC(=O)CCCCCCCCCCCCCCCCC)C1OC1OC(COC(=O)CCCCCCCCC(C)CCCCCCCC)C(O)C(O)C1O. The highest BCUT2D eigenvalue weighted by Gasteiger charge is 2.60. The summed E-state index contributed by atoms with van der Waals surface area (Å²) in [6.45, 7) is 10.3. The van der Waals surface area contributed by atoms with Crippen LogP contribution in [0.4, 0.5) is 0 Å². The first kappa shape index (κ1) is 112. The second-order valence-corrected chi connectivity index (χ2v) is 37.2. The molecule has 0 aromatic rings. The fraction of sp³-hybridized carbons (Fsp3) is 0.937. The highest BCUT2D eigenvalue weighted by Crippen LogP contribution is 2.49. The highest BCUT2D eigenvalue weighted by atomic mass is 31.2. The van der Waals surface area contributed by atoms with Gasteiger partial charge in [-0.25, -0.2) is 4.57 Å². The molecule has 2 aliphatic heterocycles. The summed E-state index contributed by atoms with van der Waals surface area (Å²) in [5, 5.41) is 103. The Morgan fingerprint density at radius 2 is 0.669 bits per heavy atom. The molecule has 25 nitrogen and oxygen atoms in total. The van der Waals surface area contributed by atoms with Gasteiger partial charge in [0.25, 0.3) is 0 Å². The molecular formula is C95H177O25P. The van der Waals surface area contributed by atoms with Gasteiger partial charge in [0.15, 0.2) is 24.8 Å². The second-order valence-electron chi connectivity index (χ2n) is 35.8. The lowest BCUT2D eigenvalue weighted by Gasteiger charge is -2.50. The first-order valence-electron chi connectivity index (χ1n) is 49.2. The van der Waals surface area contributed by atoms with E-state index in [0.29, 0.717) is 50.4 Å². The van der Waals surface area contributed by atoms with Crippen LogP contribution in [0.15, 0.2) is 12.2 Å². The minimum atomic E-state index is -5.81. The fourth-order valence-corrected chi connectivity index (χ4v) is 17.5. The van der Waals surface area contributed by atoms with E-state index >= 15 is 0 Å². The van der Waals surface area contributed by atoms with Crippen molar-refractivity contribution in [3.05, 3.63) is 12.2 Å². The van der Waals surface area contributed by atoms with Crippen molar-refractivity contribution in [2.45, 2.75) is 531 Å². The number of unbranched alkanes of at least 4 members (excludes halogenated alkanes) is 45. The summed E-state index contributed by atoms with van der Waals surface area (Å²) in [5.74, 6) is -1.58. The lowest BCUT2D eigenvalue weighted by molar-refractivity contribution is -0.360. The molecule has 121 heavy (non-hydrogen) atoms. The normalized spacial score (nSPS) is 25.2. The van der Waals surface area contributed by atoms with Crippen molar-refractivity contribution in [2.75, 3.05) is 26.4 Å². The van der Waals surface area contributed by atoms with Crippen LogP contribution in [-0.4, -0.2) is 205 Å². The molecular weight excluding hydrogens is 1570 g/mol. The number of allylic oxidation sites excluding steroid dienone is 2. The Morgan fingerprint density at radius 1 is 0.347 bits per heavy atom. The fourth-order valence-electron chi connectivity index (χ4n) is 16.6. The number of esters is 4. The van der Waals surface area contributed by atoms with Gasteiger partial charge in [0.05, 0.1) is 13.2 Å². The summed E-state index contributed by atoms with van der Waals surface area (Å²) in [7, 11) is -5.81. The van der Waals surface area contributed by atoms with Crippen LogP contribution in [0.5, 0.6) is 0 Å². The monoisotopic (exact) mass is 1750 g/mol. The van der Waals surface area contributed by atoms with Crippen LogP contribution < -0.4 is 0 Å². The number of carbonyl (C=O) groups excluding carboxylic acids is 4. The second kappa shape index (κ2) is 72.1. The number of rotatable bonds is 79. The minimum Gasteiger partial charge on any atom is -0.463 e. The molecule has 1 saturated carbocycles. The van der Waals surface area contributed by atoms with Crippen molar-refractivity contribution in [2.24, 2.45) is 11.8 Å². The van der Waals surface area contributed by atoms with E-state index < -0.39 is 162 Å². The standard InChI is InChI=1S/C95H177O25P/c1-7-11-15-19-23-25-27-29-31-33-35-37-39-51-59-67-80(99)114-75(70-111-78(97)65-57-49-43-41-47-55-63-73(5)61-53-45-21-17-13-9-3)71-113-121(109,110)120-93-91(118-94-88(107)84(103)82(101)76(69-96)115-94)87(106)86(105)90(117-81(100)68-60-52-40-38-36-34-32-30-28-26-24-20-16-12-8-2)92(93)119-95-89(108)85(104)83(102)77(116-95)72-112-79(98)66-58-50-44-42-48-56-64-74(6)62-54-46-22-18-14-10-4/h25,27,73-77,82-96,101-108H,7-24,26,28-72H2,1-6H3,(H,109,110)/b27-25-. The van der Waals surface area contributed by atoms with Crippen molar-refractivity contribution in [3.8, 4) is 0 Å². The van der Waals surface area contributed by atoms with Gasteiger partial charge in [-0.2, -0.15) is 0 Å². The van der Waals surface area contributed by atoms with Crippen LogP contribution in [0, 0.1) is 11.8 Å². The number of aliphatic hydroxyl groups excluding tert-OH is 9. The van der Waals surface area contributed by atoms with Gasteiger partial charge in [0.1, 0.15) is 92.6 Å². The summed E-state index contributed by atoms with van der Waals surface area (Å²) >= 11 is 0. The average Bonchev–Trinajstić information content (AvgIpc) is 0.754. The maximum absolute atomic E-state index is 14.9. The molecule has 0 bridgehead atoms. The summed E-state index contributed by atoms with van der Waals surface area (Å²) in [6.07, 6.45) is 29.0. The molecule has 3 rings (SSSR count). The molecule has 3 fully saturated rings. The molecule has 1 aliphatic carbocycles. The van der Waals surface area contributed by atoms with E-state index in [1.165, 1.54) is 180 Å². The number of hydrogen-bond donors (Lipinski definition) is 10. The van der Waals surface area contributed by atoms with Gasteiger partial charge in [0.2, 0.25) is 0 Å². The number of aliphatic hydroxyl groups is 9. The van der Waals surface area contributed by atoms with E-state index in [4.69, 9.17) is 46.9 Å². The summed E-state index contributed by atoms with van der Waals surface area (Å²) in [6, 6.07) is 0. The first-order valence-corrected chi connectivity index (χ1v) is 50.7. The predicted octanol–water partition coefficient (Wildman–Crippen LogP) is 18.8. The van der Waals surface area contributed by atoms with Crippen LogP contribution in [0.1, 0.15) is 427 Å². The number of hydrogen-bond acceptors (Lipinski definition) is 24. The minimum absolute atomic E-state index is 0.0157. The summed E-state index contributed by atoms with van der Waals surface area (Å²) in [5.41, 5.74) is 0. The molecule has 10 N–H and O–H groups in total. The molecule has 20 unspecified atom stereocenters. The van der Waals surface area contributed by atoms with E-state index in [0.717, 1.165) is 141 Å². The third-order valence-corrected chi connectivity index (χ3v) is 25.5. The Hall–Kier alpha value is -2.79. The van der Waals surface area contributed by atoms with E-state index in [9.17, 15) is 74.6 Å². The summed E-state index contributed by atoms with van der Waals surface area (Å²) < 4.78 is 73.7. The van der Waals surface area contributed by atoms with Crippen molar-refractivity contribution in [1.82, 2.24) is 0 Å². The van der Waals surface area contributed by atoms with Gasteiger partial charge in [-0.3, -0.25) is 28.2 Å². The predicted molar refractivity (Wildman–Crippen MR) is 472 cm³/mol. The topological polar surface area (TPSA) is 380 Å². The third kappa shape index (κ3) is 52.5. The zero-order chi connectivity index (χ0) is 88.5. The molecule has 0 radical (unpaired) electrons. The largest absolute Gasteiger partial charge is 0.472 e. The number of phosphoric acid groups is 1. The Morgan fingerprint density at radius 3 is 1.07 bits per heavy atom. The van der Waals surface area contributed by atoms with Gasteiger partial charge in [-0.15, -0.1) is 0 Å². The molecule has 0 amide bonds. The lowest BCUT2D eigenvalue weighted by Crippen LogP contribution is -2.70. The Kier molecular flexibility index (Phi) is 66.9. The van der Waals surface area contributed by atoms with Crippen molar-refractivity contribution in [1.29, 1.82) is 0 Å². The van der Waals surface area contributed by atoms with Crippen LogP contribution in [0.3, 0.4) is 0 Å². The highest BCUT2D eigenvalue weighted by molar-refractivity contribution is 7.47. The first-order chi connectivity index (χ1) is 58.5. The molecule has 0 aromatic carbocycles. The average molecular weight is 1750 g/mol. The Bertz CT molecular complexity index is 2590. The molecule has 26 heteroatoms. The van der Waals surface area contributed by atoms with Gasteiger partial charge in [-0.05, 0) is 63.2 Å². The van der Waals surface area contributed by atoms with Gasteiger partial charge >= 0.3 is 31.7 Å². The molecule has 3 aliphatic rings. The molecule has 20 atom stereocenters. The molecule has 2 heterocycles. The van der Waals surface area contributed by atoms with E-state index in [1.807, 2.05) is 0 Å². The number of ether oxygens (including phenoxy) is 8. The maximum atomic E-state index is 14.9. The van der Waals surface area contributed by atoms with Crippen LogP contribution in [0.2, 0.25) is 0 Å². The van der Waals surface area contributed by atoms with Crippen LogP contribution in [-0.2, 0) is 70.7 Å². The molecule has 712 valence electrons.